The molecule has 0 aromatic heterocycles. The van der Waals surface area contributed by atoms with E-state index in [1.165, 1.54) is 0 Å². The number of aryl methyl sites for hydroxylation is 2. The molecule has 5 nitrogen and oxygen atoms in total. The normalized spacial score (nSPS) is 10.5. The van der Waals surface area contributed by atoms with Crippen molar-refractivity contribution in [2.45, 2.75) is 34.1 Å². The molecule has 23 heavy (non-hydrogen) atoms. The van der Waals surface area contributed by atoms with Crippen LogP contribution < -0.4 is 4.74 Å². The van der Waals surface area contributed by atoms with Gasteiger partial charge in [0, 0.05) is 11.4 Å². The SMILES string of the molecule is CCOC(=O)C(CCOc1c(C)cc(Cl)cc1C)C(=O)OCC. The minimum Gasteiger partial charge on any atom is -0.493 e. The van der Waals surface area contributed by atoms with Gasteiger partial charge < -0.3 is 14.2 Å². The lowest BCUT2D eigenvalue weighted by Crippen LogP contribution is -2.29. The van der Waals surface area contributed by atoms with Crippen molar-refractivity contribution in [2.24, 2.45) is 5.92 Å². The maximum absolute atomic E-state index is 11.9. The highest BCUT2D eigenvalue weighted by atomic mass is 35.5. The number of carbonyl (C=O) groups excluding carboxylic acids is 2. The van der Waals surface area contributed by atoms with Crippen molar-refractivity contribution < 1.29 is 23.8 Å². The van der Waals surface area contributed by atoms with Gasteiger partial charge in [-0.25, -0.2) is 0 Å². The molecule has 0 amide bonds. The summed E-state index contributed by atoms with van der Waals surface area (Å²) < 4.78 is 15.6. The first kappa shape index (κ1) is 19.3. The molecule has 0 aliphatic heterocycles. The van der Waals surface area contributed by atoms with Crippen molar-refractivity contribution in [3.05, 3.63) is 28.3 Å². The van der Waals surface area contributed by atoms with Crippen LogP contribution in [0.3, 0.4) is 0 Å². The highest BCUT2D eigenvalue weighted by Crippen LogP contribution is 2.27. The van der Waals surface area contributed by atoms with E-state index in [9.17, 15) is 9.59 Å². The van der Waals surface area contributed by atoms with E-state index in [0.29, 0.717) is 10.8 Å². The summed E-state index contributed by atoms with van der Waals surface area (Å²) in [6.45, 7) is 7.79. The predicted octanol–water partition coefficient (Wildman–Crippen LogP) is 3.47. The minimum absolute atomic E-state index is 0.194. The molecule has 0 radical (unpaired) electrons. The molecule has 0 fully saturated rings. The standard InChI is InChI=1S/C17H23ClO5/c1-5-21-16(19)14(17(20)22-6-2)7-8-23-15-11(3)9-13(18)10-12(15)4/h9-10,14H,5-8H2,1-4H3. The molecule has 128 valence electrons. The molecular weight excluding hydrogens is 320 g/mol. The van der Waals surface area contributed by atoms with Crippen LogP contribution in [0, 0.1) is 19.8 Å². The van der Waals surface area contributed by atoms with Crippen LogP contribution in [0.4, 0.5) is 0 Å². The topological polar surface area (TPSA) is 61.8 Å². The van der Waals surface area contributed by atoms with Crippen molar-refractivity contribution in [3.8, 4) is 5.75 Å². The molecule has 1 aromatic rings. The van der Waals surface area contributed by atoms with E-state index in [1.54, 1.807) is 26.0 Å². The lowest BCUT2D eigenvalue weighted by atomic mass is 10.1. The van der Waals surface area contributed by atoms with E-state index < -0.39 is 17.9 Å². The van der Waals surface area contributed by atoms with Gasteiger partial charge in [-0.1, -0.05) is 11.6 Å². The van der Waals surface area contributed by atoms with Crippen molar-refractivity contribution in [3.63, 3.8) is 0 Å². The molecule has 0 N–H and O–H groups in total. The zero-order valence-electron chi connectivity index (χ0n) is 14.0. The summed E-state index contributed by atoms with van der Waals surface area (Å²) >= 11 is 5.98. The predicted molar refractivity (Wildman–Crippen MR) is 87.8 cm³/mol. The van der Waals surface area contributed by atoms with E-state index in [4.69, 9.17) is 25.8 Å². The fraction of sp³-hybridized carbons (Fsp3) is 0.529. The van der Waals surface area contributed by atoms with Crippen LogP contribution in [0.2, 0.25) is 5.02 Å². The van der Waals surface area contributed by atoms with Gasteiger partial charge in [0.15, 0.2) is 5.92 Å². The monoisotopic (exact) mass is 342 g/mol. The first-order chi connectivity index (χ1) is 10.9. The van der Waals surface area contributed by atoms with Gasteiger partial charge in [-0.2, -0.15) is 0 Å². The number of rotatable bonds is 8. The van der Waals surface area contributed by atoms with Crippen LogP contribution in [0.25, 0.3) is 0 Å². The summed E-state index contributed by atoms with van der Waals surface area (Å²) in [6.07, 6.45) is 0.194. The van der Waals surface area contributed by atoms with Crippen LogP contribution in [0.5, 0.6) is 5.75 Å². The highest BCUT2D eigenvalue weighted by Gasteiger charge is 2.29. The van der Waals surface area contributed by atoms with Crippen LogP contribution >= 0.6 is 11.6 Å². The Balaban J connectivity index is 2.72. The van der Waals surface area contributed by atoms with Crippen LogP contribution in [0.1, 0.15) is 31.4 Å². The summed E-state index contributed by atoms with van der Waals surface area (Å²) in [5.74, 6) is -1.43. The Bertz CT molecular complexity index is 515. The molecule has 0 saturated heterocycles. The summed E-state index contributed by atoms with van der Waals surface area (Å²) in [6, 6.07) is 3.61. The zero-order valence-corrected chi connectivity index (χ0v) is 14.7. The summed E-state index contributed by atoms with van der Waals surface area (Å²) in [5.41, 5.74) is 1.80. The van der Waals surface area contributed by atoms with Gasteiger partial charge in [-0.3, -0.25) is 9.59 Å². The molecule has 0 bridgehead atoms. The number of hydrogen-bond acceptors (Lipinski definition) is 5. The zero-order chi connectivity index (χ0) is 17.4. The summed E-state index contributed by atoms with van der Waals surface area (Å²) in [4.78, 5) is 23.8. The van der Waals surface area contributed by atoms with Gasteiger partial charge in [0.25, 0.3) is 0 Å². The fourth-order valence-electron chi connectivity index (χ4n) is 2.22. The Labute approximate surface area is 141 Å². The second-order valence-corrected chi connectivity index (χ2v) is 5.50. The quantitative estimate of drug-likeness (QED) is 0.534. The van der Waals surface area contributed by atoms with E-state index in [0.717, 1.165) is 11.1 Å². The second-order valence-electron chi connectivity index (χ2n) is 5.06. The smallest absolute Gasteiger partial charge is 0.320 e. The van der Waals surface area contributed by atoms with Crippen LogP contribution in [-0.2, 0) is 19.1 Å². The Morgan fingerprint density at radius 3 is 1.96 bits per heavy atom. The molecular formula is C17H23ClO5. The van der Waals surface area contributed by atoms with E-state index >= 15 is 0 Å². The number of carbonyl (C=O) groups is 2. The maximum Gasteiger partial charge on any atom is 0.320 e. The molecule has 0 atom stereocenters. The van der Waals surface area contributed by atoms with Crippen molar-refractivity contribution in [2.75, 3.05) is 19.8 Å². The van der Waals surface area contributed by atoms with E-state index in [-0.39, 0.29) is 26.2 Å². The van der Waals surface area contributed by atoms with Gasteiger partial charge in [0.1, 0.15) is 5.75 Å². The molecule has 6 heteroatoms. The average Bonchev–Trinajstić information content (AvgIpc) is 2.45. The summed E-state index contributed by atoms with van der Waals surface area (Å²) in [7, 11) is 0. The Kier molecular flexibility index (Phi) is 7.89. The van der Waals surface area contributed by atoms with Gasteiger partial charge in [-0.05, 0) is 51.0 Å². The average molecular weight is 343 g/mol. The molecule has 0 aliphatic carbocycles. The molecule has 0 unspecified atom stereocenters. The molecule has 0 heterocycles. The van der Waals surface area contributed by atoms with Crippen LogP contribution in [-0.4, -0.2) is 31.8 Å². The minimum atomic E-state index is -0.970. The second kappa shape index (κ2) is 9.40. The lowest BCUT2D eigenvalue weighted by molar-refractivity contribution is -0.162. The van der Waals surface area contributed by atoms with Gasteiger partial charge in [0.2, 0.25) is 0 Å². The van der Waals surface area contributed by atoms with Crippen LogP contribution in [0.15, 0.2) is 12.1 Å². The molecule has 0 spiro atoms. The lowest BCUT2D eigenvalue weighted by Gasteiger charge is -2.16. The fourth-order valence-corrected chi connectivity index (χ4v) is 2.55. The first-order valence-corrected chi connectivity index (χ1v) is 8.01. The molecule has 1 aromatic carbocycles. The summed E-state index contributed by atoms with van der Waals surface area (Å²) in [5, 5.41) is 0.642. The number of esters is 2. The van der Waals surface area contributed by atoms with E-state index in [1.807, 2.05) is 13.8 Å². The maximum atomic E-state index is 11.9. The Morgan fingerprint density at radius 1 is 1.04 bits per heavy atom. The van der Waals surface area contributed by atoms with E-state index in [2.05, 4.69) is 0 Å². The third-order valence-electron chi connectivity index (χ3n) is 3.22. The highest BCUT2D eigenvalue weighted by molar-refractivity contribution is 6.30. The van der Waals surface area contributed by atoms with Gasteiger partial charge >= 0.3 is 11.9 Å². The molecule has 0 saturated carbocycles. The number of hydrogen-bond donors (Lipinski definition) is 0. The van der Waals surface area contributed by atoms with Crippen molar-refractivity contribution in [1.29, 1.82) is 0 Å². The molecule has 1 rings (SSSR count). The number of benzene rings is 1. The van der Waals surface area contributed by atoms with Gasteiger partial charge in [-0.15, -0.1) is 0 Å². The third kappa shape index (κ3) is 5.75. The Morgan fingerprint density at radius 2 is 1.52 bits per heavy atom. The van der Waals surface area contributed by atoms with Crippen molar-refractivity contribution in [1.82, 2.24) is 0 Å². The largest absolute Gasteiger partial charge is 0.493 e. The number of ether oxygens (including phenoxy) is 3. The third-order valence-corrected chi connectivity index (χ3v) is 3.44. The first-order valence-electron chi connectivity index (χ1n) is 7.63. The van der Waals surface area contributed by atoms with Crippen molar-refractivity contribution >= 4 is 23.5 Å². The Hall–Kier alpha value is -1.75. The molecule has 0 aliphatic rings. The number of halogens is 1. The van der Waals surface area contributed by atoms with Gasteiger partial charge in [0.05, 0.1) is 19.8 Å².